The van der Waals surface area contributed by atoms with Gasteiger partial charge in [-0.1, -0.05) is 19.9 Å². The molecule has 2 rings (SSSR count). The first-order valence-electron chi connectivity index (χ1n) is 10.6. The average Bonchev–Trinajstić information content (AvgIpc) is 2.74. The Kier molecular flexibility index (Phi) is 10.1. The average molecular weight is 407 g/mol. The van der Waals surface area contributed by atoms with E-state index in [1.165, 1.54) is 5.56 Å². The van der Waals surface area contributed by atoms with Crippen LogP contribution in [0.2, 0.25) is 0 Å². The number of benzene rings is 1. The van der Waals surface area contributed by atoms with Crippen molar-refractivity contribution in [3.63, 3.8) is 0 Å². The molecule has 1 heterocycles. The maximum atomic E-state index is 5.56. The molecule has 1 aromatic rings. The first-order valence-corrected chi connectivity index (χ1v) is 10.6. The van der Waals surface area contributed by atoms with E-state index in [9.17, 15) is 0 Å². The van der Waals surface area contributed by atoms with E-state index in [2.05, 4.69) is 48.4 Å². The summed E-state index contributed by atoms with van der Waals surface area (Å²) in [5.41, 5.74) is 1.17. The van der Waals surface area contributed by atoms with Gasteiger partial charge in [-0.3, -0.25) is 9.89 Å². The summed E-state index contributed by atoms with van der Waals surface area (Å²) in [6, 6.07) is 6.29. The van der Waals surface area contributed by atoms with E-state index >= 15 is 0 Å². The van der Waals surface area contributed by atoms with E-state index in [0.29, 0.717) is 12.5 Å². The predicted octanol–water partition coefficient (Wildman–Crippen LogP) is 2.68. The van der Waals surface area contributed by atoms with E-state index in [0.717, 1.165) is 63.3 Å². The standard InChI is InChI=1S/C22H38N4O3/c1-6-23-22(24-10-9-17(2)3)25-16-19(26-11-13-29-14-12-26)18-7-8-20(27-4)21(15-18)28-5/h7-8,15,17,19H,6,9-14,16H2,1-5H3,(H2,23,24,25). The van der Waals surface area contributed by atoms with Gasteiger partial charge in [-0.15, -0.1) is 0 Å². The van der Waals surface area contributed by atoms with Crippen LogP contribution in [0.4, 0.5) is 0 Å². The van der Waals surface area contributed by atoms with Gasteiger partial charge < -0.3 is 24.8 Å². The van der Waals surface area contributed by atoms with Gasteiger partial charge in [0.15, 0.2) is 17.5 Å². The summed E-state index contributed by atoms with van der Waals surface area (Å²) in [7, 11) is 3.33. The molecule has 0 aliphatic carbocycles. The minimum Gasteiger partial charge on any atom is -0.493 e. The molecule has 7 heteroatoms. The smallest absolute Gasteiger partial charge is 0.191 e. The van der Waals surface area contributed by atoms with Crippen molar-refractivity contribution in [3.05, 3.63) is 23.8 Å². The third kappa shape index (κ3) is 7.40. The zero-order valence-corrected chi connectivity index (χ0v) is 18.7. The van der Waals surface area contributed by atoms with Crippen LogP contribution in [0.1, 0.15) is 38.8 Å². The summed E-state index contributed by atoms with van der Waals surface area (Å²) in [4.78, 5) is 7.34. The summed E-state index contributed by atoms with van der Waals surface area (Å²) in [6.45, 7) is 12.3. The van der Waals surface area contributed by atoms with Gasteiger partial charge in [0.05, 0.1) is 40.0 Å². The first-order chi connectivity index (χ1) is 14.1. The molecule has 1 aliphatic heterocycles. The summed E-state index contributed by atoms with van der Waals surface area (Å²) < 4.78 is 16.5. The van der Waals surface area contributed by atoms with Gasteiger partial charge in [-0.2, -0.15) is 0 Å². The number of hydrogen-bond donors (Lipinski definition) is 2. The number of rotatable bonds is 10. The molecule has 0 spiro atoms. The molecule has 2 N–H and O–H groups in total. The second-order valence-corrected chi connectivity index (χ2v) is 7.61. The maximum Gasteiger partial charge on any atom is 0.191 e. The quantitative estimate of drug-likeness (QED) is 0.460. The second kappa shape index (κ2) is 12.5. The molecule has 1 aromatic carbocycles. The molecule has 7 nitrogen and oxygen atoms in total. The lowest BCUT2D eigenvalue weighted by atomic mass is 10.0. The van der Waals surface area contributed by atoms with Crippen molar-refractivity contribution in [1.29, 1.82) is 0 Å². The first kappa shape index (κ1) is 23.3. The molecule has 1 unspecified atom stereocenters. The molecule has 164 valence electrons. The number of guanidine groups is 1. The Bertz CT molecular complexity index is 630. The lowest BCUT2D eigenvalue weighted by Gasteiger charge is -2.34. The zero-order valence-electron chi connectivity index (χ0n) is 18.7. The van der Waals surface area contributed by atoms with Crippen LogP contribution in [-0.4, -0.2) is 71.0 Å². The lowest BCUT2D eigenvalue weighted by molar-refractivity contribution is 0.0179. The minimum atomic E-state index is 0.152. The van der Waals surface area contributed by atoms with Gasteiger partial charge >= 0.3 is 0 Å². The monoisotopic (exact) mass is 406 g/mol. The molecule has 0 amide bonds. The Morgan fingerprint density at radius 2 is 1.86 bits per heavy atom. The highest BCUT2D eigenvalue weighted by Crippen LogP contribution is 2.32. The van der Waals surface area contributed by atoms with Crippen molar-refractivity contribution in [3.8, 4) is 11.5 Å². The molecule has 1 aliphatic rings. The van der Waals surface area contributed by atoms with E-state index in [4.69, 9.17) is 19.2 Å². The van der Waals surface area contributed by atoms with Crippen molar-refractivity contribution >= 4 is 5.96 Å². The minimum absolute atomic E-state index is 0.152. The molecule has 0 aromatic heterocycles. The van der Waals surface area contributed by atoms with E-state index < -0.39 is 0 Å². The summed E-state index contributed by atoms with van der Waals surface area (Å²) >= 11 is 0. The van der Waals surface area contributed by atoms with Crippen molar-refractivity contribution in [1.82, 2.24) is 15.5 Å². The van der Waals surface area contributed by atoms with Gasteiger partial charge in [0.25, 0.3) is 0 Å². The Balaban J connectivity index is 2.20. The van der Waals surface area contributed by atoms with Crippen molar-refractivity contribution in [2.75, 3.05) is 60.2 Å². The molecule has 1 atom stereocenters. The predicted molar refractivity (Wildman–Crippen MR) is 118 cm³/mol. The zero-order chi connectivity index (χ0) is 21.1. The van der Waals surface area contributed by atoms with Gasteiger partial charge in [-0.05, 0) is 37.0 Å². The van der Waals surface area contributed by atoms with E-state index in [-0.39, 0.29) is 6.04 Å². The summed E-state index contributed by atoms with van der Waals surface area (Å²) in [6.07, 6.45) is 1.12. The van der Waals surface area contributed by atoms with Crippen molar-refractivity contribution in [2.45, 2.75) is 33.2 Å². The van der Waals surface area contributed by atoms with Crippen LogP contribution in [0, 0.1) is 5.92 Å². The summed E-state index contributed by atoms with van der Waals surface area (Å²) in [5, 5.41) is 6.81. The van der Waals surface area contributed by atoms with Gasteiger partial charge in [-0.25, -0.2) is 0 Å². The number of aliphatic imine (C=N–C) groups is 1. The molecule has 0 radical (unpaired) electrons. The Hall–Kier alpha value is -1.99. The van der Waals surface area contributed by atoms with Crippen LogP contribution in [0.5, 0.6) is 11.5 Å². The Morgan fingerprint density at radius 1 is 1.14 bits per heavy atom. The van der Waals surface area contributed by atoms with Crippen molar-refractivity contribution in [2.24, 2.45) is 10.9 Å². The maximum absolute atomic E-state index is 5.56. The molecule has 0 saturated carbocycles. The number of methoxy groups -OCH3 is 2. The molecular formula is C22H38N4O3. The van der Waals surface area contributed by atoms with Crippen LogP contribution in [0.3, 0.4) is 0 Å². The third-order valence-electron chi connectivity index (χ3n) is 5.06. The highest BCUT2D eigenvalue weighted by molar-refractivity contribution is 5.79. The topological polar surface area (TPSA) is 67.4 Å². The number of nitrogens with one attached hydrogen (secondary N) is 2. The number of morpholine rings is 1. The molecular weight excluding hydrogens is 368 g/mol. The Morgan fingerprint density at radius 3 is 2.48 bits per heavy atom. The fourth-order valence-corrected chi connectivity index (χ4v) is 3.38. The van der Waals surface area contributed by atoms with Crippen LogP contribution in [0.15, 0.2) is 23.2 Å². The fourth-order valence-electron chi connectivity index (χ4n) is 3.38. The fraction of sp³-hybridized carbons (Fsp3) is 0.682. The Labute approximate surface area is 175 Å². The molecule has 1 saturated heterocycles. The van der Waals surface area contributed by atoms with Gasteiger partial charge in [0.1, 0.15) is 0 Å². The highest BCUT2D eigenvalue weighted by Gasteiger charge is 2.24. The summed E-state index contributed by atoms with van der Waals surface area (Å²) in [5.74, 6) is 3.02. The van der Waals surface area contributed by atoms with Crippen LogP contribution in [-0.2, 0) is 4.74 Å². The molecule has 0 bridgehead atoms. The van der Waals surface area contributed by atoms with Gasteiger partial charge in [0, 0.05) is 26.2 Å². The lowest BCUT2D eigenvalue weighted by Crippen LogP contribution is -2.42. The molecule has 29 heavy (non-hydrogen) atoms. The highest BCUT2D eigenvalue weighted by atomic mass is 16.5. The largest absolute Gasteiger partial charge is 0.493 e. The SMILES string of the molecule is CCNC(=NCC(c1ccc(OC)c(OC)c1)N1CCOCC1)NCCC(C)C. The van der Waals surface area contributed by atoms with Crippen LogP contribution >= 0.6 is 0 Å². The number of ether oxygens (including phenoxy) is 3. The molecule has 1 fully saturated rings. The number of nitrogens with zero attached hydrogens (tertiary/aromatic N) is 2. The van der Waals surface area contributed by atoms with Crippen LogP contribution < -0.4 is 20.1 Å². The second-order valence-electron chi connectivity index (χ2n) is 7.61. The number of hydrogen-bond acceptors (Lipinski definition) is 5. The van der Waals surface area contributed by atoms with E-state index in [1.807, 2.05) is 6.07 Å². The van der Waals surface area contributed by atoms with Crippen molar-refractivity contribution < 1.29 is 14.2 Å². The van der Waals surface area contributed by atoms with E-state index in [1.54, 1.807) is 14.2 Å². The third-order valence-corrected chi connectivity index (χ3v) is 5.06. The van der Waals surface area contributed by atoms with Gasteiger partial charge in [0.2, 0.25) is 0 Å². The normalized spacial score (nSPS) is 16.6. The van der Waals surface area contributed by atoms with Crippen LogP contribution in [0.25, 0.3) is 0 Å².